The van der Waals surface area contributed by atoms with Crippen molar-refractivity contribution in [3.8, 4) is 17.0 Å². The van der Waals surface area contributed by atoms with Crippen LogP contribution < -0.4 is 15.4 Å². The average molecular weight is 945 g/mol. The van der Waals surface area contributed by atoms with Crippen LogP contribution in [0.4, 0.5) is 14.0 Å². The van der Waals surface area contributed by atoms with Crippen LogP contribution in [0.15, 0.2) is 58.8 Å². The molecule has 0 spiro atoms. The maximum Gasteiger partial charge on any atom is 0.407 e. The molecule has 2 N–H and O–H groups in total. The van der Waals surface area contributed by atoms with Crippen molar-refractivity contribution >= 4 is 68.8 Å². The minimum Gasteiger partial charge on any atom is -0.462 e. The number of fused-ring (bicyclic) bond motifs is 6. The normalized spacial score (nSPS) is 21.5. The van der Waals surface area contributed by atoms with Crippen molar-refractivity contribution in [2.45, 2.75) is 116 Å². The number of hydrogen-bond donors (Lipinski definition) is 2. The Kier molecular flexibility index (Phi) is 12.2. The molecule has 17 heteroatoms. The van der Waals surface area contributed by atoms with E-state index in [0.29, 0.717) is 48.5 Å². The summed E-state index contributed by atoms with van der Waals surface area (Å²) in [6, 6.07) is 9.88. The summed E-state index contributed by atoms with van der Waals surface area (Å²) in [6.07, 6.45) is 8.91. The van der Waals surface area contributed by atoms with Gasteiger partial charge in [0.1, 0.15) is 23.7 Å². The fourth-order valence-corrected chi connectivity index (χ4v) is 12.0. The molecule has 68 heavy (non-hydrogen) atoms. The van der Waals surface area contributed by atoms with Crippen molar-refractivity contribution in [1.29, 1.82) is 0 Å². The second kappa shape index (κ2) is 18.3. The molecule has 6 aliphatic rings. The molecule has 5 atom stereocenters. The van der Waals surface area contributed by atoms with E-state index in [1.807, 2.05) is 55.8 Å². The number of nitrogens with one attached hydrogen (secondary N) is 2. The number of amides is 4. The van der Waals surface area contributed by atoms with E-state index >= 15 is 4.39 Å². The van der Waals surface area contributed by atoms with Crippen LogP contribution in [0.2, 0.25) is 0 Å². The number of thiazole rings is 1. The van der Waals surface area contributed by atoms with Gasteiger partial charge < -0.3 is 34.6 Å². The SMILES string of the molecule is COC(=O)N[C@H](C(=O)N1CCC[C@H]1C1=NC=C(c2cc(F)c3c(c2)OC(c2nc4c(s2)CCC4)n2c-3cc3cc(C4=CN=C([C@@H]5CCCN5C(=O)[C@@H](NC(=O)OC)C(C)C)C4)ccc32)C1)C(C)C. The summed E-state index contributed by atoms with van der Waals surface area (Å²) in [5.41, 5.74) is 8.28. The maximum atomic E-state index is 16.9. The summed E-state index contributed by atoms with van der Waals surface area (Å²) >= 11 is 1.66. The molecule has 0 saturated carbocycles. The number of likely N-dealkylation sites (tertiary alicyclic amines) is 2. The van der Waals surface area contributed by atoms with Gasteiger partial charge in [-0.3, -0.25) is 24.1 Å². The molecular weight excluding hydrogens is 888 g/mol. The number of allylic oxidation sites excluding steroid dienone is 2. The van der Waals surface area contributed by atoms with Gasteiger partial charge in [0.2, 0.25) is 18.0 Å². The number of rotatable bonds is 11. The molecule has 0 radical (unpaired) electrons. The summed E-state index contributed by atoms with van der Waals surface area (Å²) in [6.45, 7) is 8.72. The summed E-state index contributed by atoms with van der Waals surface area (Å²) in [5, 5.41) is 7.18. The van der Waals surface area contributed by atoms with E-state index in [9.17, 15) is 19.2 Å². The number of alkyl carbamates (subject to hydrolysis) is 2. The molecule has 0 bridgehead atoms. The zero-order chi connectivity index (χ0) is 47.5. The first-order valence-electron chi connectivity index (χ1n) is 23.8. The number of benzene rings is 2. The van der Waals surface area contributed by atoms with Crippen LogP contribution in [-0.4, -0.2) is 106 Å². The Balaban J connectivity index is 0.916. The minimum atomic E-state index is -0.741. The highest BCUT2D eigenvalue weighted by Gasteiger charge is 2.41. The molecule has 356 valence electrons. The molecule has 10 rings (SSSR count). The number of carbonyl (C=O) groups excluding carboxylic acids is 4. The molecule has 15 nitrogen and oxygen atoms in total. The predicted molar refractivity (Wildman–Crippen MR) is 258 cm³/mol. The lowest BCUT2D eigenvalue weighted by molar-refractivity contribution is -0.134. The Hall–Kier alpha value is -6.36. The van der Waals surface area contributed by atoms with Gasteiger partial charge in [0.15, 0.2) is 5.01 Å². The smallest absolute Gasteiger partial charge is 0.407 e. The predicted octanol–water partition coefficient (Wildman–Crippen LogP) is 8.45. The summed E-state index contributed by atoms with van der Waals surface area (Å²) < 4.78 is 35.5. The Morgan fingerprint density at radius 2 is 1.38 bits per heavy atom. The zero-order valence-corrected chi connectivity index (χ0v) is 40.1. The van der Waals surface area contributed by atoms with Gasteiger partial charge in [-0.15, -0.1) is 11.3 Å². The van der Waals surface area contributed by atoms with E-state index in [0.717, 1.165) is 94.7 Å². The number of nitrogens with zero attached hydrogens (tertiary/aromatic N) is 6. The monoisotopic (exact) mass is 944 g/mol. The molecule has 2 saturated heterocycles. The maximum absolute atomic E-state index is 16.9. The molecule has 5 aliphatic heterocycles. The Labute approximate surface area is 398 Å². The van der Waals surface area contributed by atoms with E-state index < -0.39 is 36.3 Å². The van der Waals surface area contributed by atoms with Crippen LogP contribution >= 0.6 is 11.3 Å². The lowest BCUT2D eigenvalue weighted by Gasteiger charge is -2.31. The van der Waals surface area contributed by atoms with Crippen molar-refractivity contribution in [3.63, 3.8) is 0 Å². The van der Waals surface area contributed by atoms with Crippen molar-refractivity contribution in [1.82, 2.24) is 30.0 Å². The third kappa shape index (κ3) is 8.15. The van der Waals surface area contributed by atoms with Gasteiger partial charge in [-0.25, -0.2) is 19.0 Å². The van der Waals surface area contributed by atoms with Crippen molar-refractivity contribution in [3.05, 3.63) is 81.3 Å². The number of methoxy groups -OCH3 is 2. The molecule has 1 aliphatic carbocycles. The standard InChI is InChI=1S/C51H57FN8O7S/c1-26(2)44(56-50(63)65-5)47(61)58-16-8-11-38(58)35-20-31(24-53-35)28-14-15-37-30(18-28)22-40-43-33(52)19-29(23-41(43)67-49(60(37)40)46-55-34-10-7-13-42(34)68-46)32-21-36(54-25-32)39-12-9-17-59(39)48(62)45(27(3)4)57-51(64)66-6/h14-15,18-19,22-27,38-39,44-45,49H,7-13,16-17,20-21H2,1-6H3,(H,56,63)(H,57,64)/t38-,39-,44-,45-,49?/m0/s1. The van der Waals surface area contributed by atoms with Gasteiger partial charge in [-0.1, -0.05) is 33.8 Å². The molecular formula is C51H57FN8O7S. The highest BCUT2D eigenvalue weighted by molar-refractivity contribution is 7.11. The van der Waals surface area contributed by atoms with Crippen LogP contribution in [0.1, 0.15) is 106 Å². The van der Waals surface area contributed by atoms with Gasteiger partial charge in [0.25, 0.3) is 0 Å². The topological polar surface area (TPSA) is 169 Å². The molecule has 1 unspecified atom stereocenters. The van der Waals surface area contributed by atoms with Gasteiger partial charge in [-0.05, 0) is 109 Å². The number of carbonyl (C=O) groups is 4. The first kappa shape index (κ1) is 45.4. The number of hydrogen-bond acceptors (Lipinski definition) is 11. The number of halogens is 1. The number of ether oxygens (including phenoxy) is 3. The first-order valence-corrected chi connectivity index (χ1v) is 24.6. The number of aryl methyl sites for hydroxylation is 2. The Bertz CT molecular complexity index is 2840. The van der Waals surface area contributed by atoms with E-state index in [1.165, 1.54) is 19.1 Å². The highest BCUT2D eigenvalue weighted by Crippen LogP contribution is 2.49. The Morgan fingerprint density at radius 3 is 1.96 bits per heavy atom. The molecule has 4 aromatic rings. The van der Waals surface area contributed by atoms with Gasteiger partial charge in [0, 0.05) is 60.0 Å². The first-order chi connectivity index (χ1) is 32.8. The van der Waals surface area contributed by atoms with Crippen molar-refractivity contribution in [2.75, 3.05) is 27.3 Å². The largest absolute Gasteiger partial charge is 0.462 e. The molecule has 2 fully saturated rings. The van der Waals surface area contributed by atoms with E-state index in [2.05, 4.69) is 33.4 Å². The Morgan fingerprint density at radius 1 is 0.779 bits per heavy atom. The van der Waals surface area contributed by atoms with Crippen LogP contribution in [-0.2, 0) is 31.9 Å². The average Bonchev–Trinajstić information content (AvgIpc) is 4.18. The van der Waals surface area contributed by atoms with E-state index in [4.69, 9.17) is 29.2 Å². The summed E-state index contributed by atoms with van der Waals surface area (Å²) in [4.78, 5) is 71.7. The third-order valence-corrected chi connectivity index (χ3v) is 15.5. The lowest BCUT2D eigenvalue weighted by Crippen LogP contribution is -2.53. The second-order valence-electron chi connectivity index (χ2n) is 19.2. The van der Waals surface area contributed by atoms with Crippen LogP contribution in [0.3, 0.4) is 0 Å². The summed E-state index contributed by atoms with van der Waals surface area (Å²) in [7, 11) is 2.57. The third-order valence-electron chi connectivity index (χ3n) is 14.3. The molecule has 2 aromatic heterocycles. The van der Waals surface area contributed by atoms with E-state index in [1.54, 1.807) is 23.6 Å². The molecule has 4 amide bonds. The molecule has 7 heterocycles. The fraction of sp³-hybridized carbons (Fsp3) is 0.471. The lowest BCUT2D eigenvalue weighted by atomic mass is 9.95. The van der Waals surface area contributed by atoms with Gasteiger partial charge in [0.05, 0.1) is 48.8 Å². The minimum absolute atomic E-state index is 0.130. The van der Waals surface area contributed by atoms with Crippen molar-refractivity contribution < 1.29 is 37.8 Å². The van der Waals surface area contributed by atoms with Gasteiger partial charge in [-0.2, -0.15) is 0 Å². The van der Waals surface area contributed by atoms with Crippen LogP contribution in [0, 0.1) is 17.7 Å². The van der Waals surface area contributed by atoms with Crippen molar-refractivity contribution in [2.24, 2.45) is 21.8 Å². The highest BCUT2D eigenvalue weighted by atomic mass is 32.1. The number of aliphatic imine (C=N–C) groups is 2. The summed E-state index contributed by atoms with van der Waals surface area (Å²) in [5.74, 6) is -0.592. The quantitative estimate of drug-likeness (QED) is 0.151. The van der Waals surface area contributed by atoms with E-state index in [-0.39, 0.29) is 35.7 Å². The fourth-order valence-electron chi connectivity index (χ4n) is 10.8. The molecule has 2 aromatic carbocycles. The van der Waals surface area contributed by atoms with Gasteiger partial charge >= 0.3 is 12.2 Å². The zero-order valence-electron chi connectivity index (χ0n) is 39.3. The van der Waals surface area contributed by atoms with Crippen LogP contribution in [0.5, 0.6) is 5.75 Å². The van der Waals surface area contributed by atoms with Crippen LogP contribution in [0.25, 0.3) is 33.3 Å². The number of aromatic nitrogens is 2. The second-order valence-corrected chi connectivity index (χ2v) is 20.4.